The summed E-state index contributed by atoms with van der Waals surface area (Å²) in [6, 6.07) is 0.129. The van der Waals surface area contributed by atoms with Gasteiger partial charge >= 0.3 is 0 Å². The van der Waals surface area contributed by atoms with Crippen molar-refractivity contribution in [1.82, 2.24) is 14.3 Å². The molecule has 0 bridgehead atoms. The summed E-state index contributed by atoms with van der Waals surface area (Å²) >= 11 is 0. The third-order valence-corrected chi connectivity index (χ3v) is 6.46. The smallest absolute Gasteiger partial charge is 0.279 e. The van der Waals surface area contributed by atoms with E-state index in [4.69, 9.17) is 0 Å². The van der Waals surface area contributed by atoms with Crippen LogP contribution in [0.4, 0.5) is 0 Å². The normalized spacial score (nSPS) is 30.5. The Morgan fingerprint density at radius 1 is 1.10 bits per heavy atom. The maximum absolute atomic E-state index is 12.5. The third-order valence-electron chi connectivity index (χ3n) is 4.82. The molecule has 5 nitrogen and oxygen atoms in total. The molecule has 1 heterocycles. The Kier molecular flexibility index (Phi) is 5.84. The summed E-state index contributed by atoms with van der Waals surface area (Å²) in [4.78, 5) is 0. The van der Waals surface area contributed by atoms with E-state index in [0.29, 0.717) is 24.9 Å². The highest BCUT2D eigenvalue weighted by atomic mass is 32.2. The van der Waals surface area contributed by atoms with Crippen molar-refractivity contribution in [2.75, 3.05) is 26.7 Å². The van der Waals surface area contributed by atoms with Crippen molar-refractivity contribution in [3.05, 3.63) is 0 Å². The van der Waals surface area contributed by atoms with Crippen LogP contribution >= 0.6 is 0 Å². The number of hydrogen-bond donors (Lipinski definition) is 2. The number of rotatable bonds is 5. The van der Waals surface area contributed by atoms with Crippen LogP contribution in [0.15, 0.2) is 0 Å². The van der Waals surface area contributed by atoms with Gasteiger partial charge in [0.05, 0.1) is 0 Å². The zero-order valence-corrected chi connectivity index (χ0v) is 13.6. The molecule has 2 atom stereocenters. The van der Waals surface area contributed by atoms with E-state index in [1.165, 1.54) is 6.42 Å². The molecular weight excluding hydrogens is 274 g/mol. The molecule has 0 spiro atoms. The summed E-state index contributed by atoms with van der Waals surface area (Å²) < 4.78 is 29.5. The van der Waals surface area contributed by atoms with E-state index in [2.05, 4.69) is 17.0 Å². The lowest BCUT2D eigenvalue weighted by Crippen LogP contribution is -2.50. The fraction of sp³-hybridized carbons (Fsp3) is 1.00. The standard InChI is InChI=1S/C14H29N3O2S/c1-12-5-3-4-6-14(12)16-20(18,19)17-9-7-13(8-10-17)11-15-2/h12-16H,3-11H2,1-2H3. The minimum atomic E-state index is -3.29. The molecule has 0 radical (unpaired) electrons. The van der Waals surface area contributed by atoms with Crippen LogP contribution in [0.1, 0.15) is 45.4 Å². The van der Waals surface area contributed by atoms with Gasteiger partial charge in [0.1, 0.15) is 0 Å². The average Bonchev–Trinajstić information content (AvgIpc) is 2.42. The van der Waals surface area contributed by atoms with E-state index in [9.17, 15) is 8.42 Å². The molecule has 0 amide bonds. The van der Waals surface area contributed by atoms with Crippen molar-refractivity contribution in [2.45, 2.75) is 51.5 Å². The van der Waals surface area contributed by atoms with Crippen LogP contribution in [0.2, 0.25) is 0 Å². The van der Waals surface area contributed by atoms with Gasteiger partial charge in [0.15, 0.2) is 0 Å². The lowest BCUT2D eigenvalue weighted by atomic mass is 9.87. The molecule has 118 valence electrons. The zero-order chi connectivity index (χ0) is 14.6. The predicted molar refractivity (Wildman–Crippen MR) is 81.7 cm³/mol. The first kappa shape index (κ1) is 16.2. The van der Waals surface area contributed by atoms with Crippen molar-refractivity contribution in [3.8, 4) is 0 Å². The molecule has 1 aliphatic heterocycles. The Hall–Kier alpha value is -0.170. The summed E-state index contributed by atoms with van der Waals surface area (Å²) in [6.45, 7) is 4.46. The molecule has 1 saturated carbocycles. The minimum Gasteiger partial charge on any atom is -0.319 e. The molecule has 2 fully saturated rings. The molecule has 20 heavy (non-hydrogen) atoms. The second-order valence-corrected chi connectivity index (χ2v) is 8.09. The Morgan fingerprint density at radius 2 is 1.75 bits per heavy atom. The van der Waals surface area contributed by atoms with Gasteiger partial charge in [0, 0.05) is 19.1 Å². The molecule has 2 N–H and O–H groups in total. The summed E-state index contributed by atoms with van der Waals surface area (Å²) in [6.07, 6.45) is 6.41. The molecule has 1 aliphatic carbocycles. The molecule has 0 aromatic heterocycles. The number of nitrogens with one attached hydrogen (secondary N) is 2. The second kappa shape index (κ2) is 7.20. The maximum atomic E-state index is 12.5. The number of piperidine rings is 1. The van der Waals surface area contributed by atoms with Crippen LogP contribution in [-0.4, -0.2) is 45.4 Å². The first-order valence-corrected chi connectivity index (χ1v) is 9.39. The highest BCUT2D eigenvalue weighted by Crippen LogP contribution is 2.25. The highest BCUT2D eigenvalue weighted by molar-refractivity contribution is 7.87. The van der Waals surface area contributed by atoms with Gasteiger partial charge in [-0.2, -0.15) is 17.4 Å². The van der Waals surface area contributed by atoms with Gasteiger partial charge in [-0.15, -0.1) is 0 Å². The molecule has 0 aromatic carbocycles. The summed E-state index contributed by atoms with van der Waals surface area (Å²) in [5, 5.41) is 3.18. The van der Waals surface area contributed by atoms with Gasteiger partial charge in [0.2, 0.25) is 0 Å². The Labute approximate surface area is 123 Å². The third kappa shape index (κ3) is 4.16. The molecule has 2 unspecified atom stereocenters. The quantitative estimate of drug-likeness (QED) is 0.805. The van der Waals surface area contributed by atoms with E-state index >= 15 is 0 Å². The first-order chi connectivity index (χ1) is 9.53. The molecule has 0 aromatic rings. The number of nitrogens with zero attached hydrogens (tertiary/aromatic N) is 1. The van der Waals surface area contributed by atoms with Crippen molar-refractivity contribution < 1.29 is 8.42 Å². The van der Waals surface area contributed by atoms with Gasteiger partial charge in [-0.3, -0.25) is 0 Å². The molecule has 2 aliphatic rings. The van der Waals surface area contributed by atoms with Crippen LogP contribution in [0.3, 0.4) is 0 Å². The number of hydrogen-bond acceptors (Lipinski definition) is 3. The summed E-state index contributed by atoms with van der Waals surface area (Å²) in [7, 11) is -1.34. The van der Waals surface area contributed by atoms with Crippen molar-refractivity contribution in [3.63, 3.8) is 0 Å². The lowest BCUT2D eigenvalue weighted by Gasteiger charge is -2.35. The van der Waals surface area contributed by atoms with E-state index in [1.54, 1.807) is 4.31 Å². The molecule has 2 rings (SSSR count). The fourth-order valence-electron chi connectivity index (χ4n) is 3.40. The Balaban J connectivity index is 1.87. The van der Waals surface area contributed by atoms with E-state index < -0.39 is 10.2 Å². The van der Waals surface area contributed by atoms with Crippen LogP contribution in [0, 0.1) is 11.8 Å². The molecular formula is C14H29N3O2S. The monoisotopic (exact) mass is 303 g/mol. The predicted octanol–water partition coefficient (Wildman–Crippen LogP) is 1.33. The van der Waals surface area contributed by atoms with Crippen molar-refractivity contribution in [2.24, 2.45) is 11.8 Å². The second-order valence-electron chi connectivity index (χ2n) is 6.39. The van der Waals surface area contributed by atoms with Gasteiger partial charge in [-0.25, -0.2) is 0 Å². The topological polar surface area (TPSA) is 61.4 Å². The largest absolute Gasteiger partial charge is 0.319 e. The highest BCUT2D eigenvalue weighted by Gasteiger charge is 2.31. The van der Waals surface area contributed by atoms with E-state index in [0.717, 1.165) is 38.6 Å². The van der Waals surface area contributed by atoms with Crippen LogP contribution in [0.5, 0.6) is 0 Å². The average molecular weight is 303 g/mol. The van der Waals surface area contributed by atoms with Gasteiger partial charge < -0.3 is 5.32 Å². The van der Waals surface area contributed by atoms with Crippen LogP contribution in [0.25, 0.3) is 0 Å². The summed E-state index contributed by atoms with van der Waals surface area (Å²) in [5.41, 5.74) is 0. The van der Waals surface area contributed by atoms with Crippen molar-refractivity contribution in [1.29, 1.82) is 0 Å². The SMILES string of the molecule is CNCC1CCN(S(=O)(=O)NC2CCCCC2C)CC1. The Morgan fingerprint density at radius 3 is 2.35 bits per heavy atom. The summed E-state index contributed by atoms with van der Waals surface area (Å²) in [5.74, 6) is 1.07. The van der Waals surface area contributed by atoms with Gasteiger partial charge in [0.25, 0.3) is 10.2 Å². The molecule has 6 heteroatoms. The first-order valence-electron chi connectivity index (χ1n) is 7.95. The van der Waals surface area contributed by atoms with E-state index in [-0.39, 0.29) is 6.04 Å². The Bertz CT molecular complexity index is 391. The molecule has 1 saturated heterocycles. The van der Waals surface area contributed by atoms with Crippen LogP contribution < -0.4 is 10.0 Å². The van der Waals surface area contributed by atoms with Crippen LogP contribution in [-0.2, 0) is 10.2 Å². The fourth-order valence-corrected chi connectivity index (χ4v) is 4.97. The van der Waals surface area contributed by atoms with E-state index in [1.807, 2.05) is 7.05 Å². The minimum absolute atomic E-state index is 0.129. The lowest BCUT2D eigenvalue weighted by molar-refractivity contribution is 0.257. The maximum Gasteiger partial charge on any atom is 0.279 e. The van der Waals surface area contributed by atoms with Gasteiger partial charge in [-0.05, 0) is 51.1 Å². The zero-order valence-electron chi connectivity index (χ0n) is 12.8. The van der Waals surface area contributed by atoms with Crippen molar-refractivity contribution >= 4 is 10.2 Å². The van der Waals surface area contributed by atoms with Gasteiger partial charge in [-0.1, -0.05) is 19.8 Å².